The summed E-state index contributed by atoms with van der Waals surface area (Å²) in [7, 11) is 0. The van der Waals surface area contributed by atoms with E-state index in [2.05, 4.69) is 31.2 Å². The highest BCUT2D eigenvalue weighted by Gasteiger charge is 1.96. The molecule has 0 rings (SSSR count). The molecule has 1 N–H and O–H groups in total. The van der Waals surface area contributed by atoms with Crippen LogP contribution in [0.3, 0.4) is 0 Å². The van der Waals surface area contributed by atoms with Crippen LogP contribution < -0.4 is 0 Å². The van der Waals surface area contributed by atoms with Gasteiger partial charge in [0.2, 0.25) is 0 Å². The number of allylic oxidation sites excluding steroid dienone is 4. The van der Waals surface area contributed by atoms with E-state index in [0.29, 0.717) is 6.42 Å². The van der Waals surface area contributed by atoms with Gasteiger partial charge in [-0.3, -0.25) is 4.79 Å². The van der Waals surface area contributed by atoms with E-state index in [1.165, 1.54) is 109 Å². The zero-order valence-electron chi connectivity index (χ0n) is 18.8. The normalized spacial score (nSPS) is 11.8. The van der Waals surface area contributed by atoms with E-state index >= 15 is 0 Å². The Morgan fingerprint density at radius 2 is 0.893 bits per heavy atom. The number of carboxylic acids is 1. The van der Waals surface area contributed by atoms with Crippen molar-refractivity contribution >= 4 is 5.97 Å². The second-order valence-corrected chi connectivity index (χ2v) is 8.19. The maximum atomic E-state index is 10.4. The molecule has 28 heavy (non-hydrogen) atoms. The van der Waals surface area contributed by atoms with Gasteiger partial charge >= 0.3 is 5.97 Å². The third-order valence-electron chi connectivity index (χ3n) is 5.32. The van der Waals surface area contributed by atoms with Gasteiger partial charge in [0.05, 0.1) is 0 Å². The van der Waals surface area contributed by atoms with Crippen molar-refractivity contribution in [2.45, 2.75) is 135 Å². The third kappa shape index (κ3) is 24.9. The molecule has 0 spiro atoms. The lowest BCUT2D eigenvalue weighted by atomic mass is 10.0. The van der Waals surface area contributed by atoms with E-state index in [4.69, 9.17) is 5.11 Å². The topological polar surface area (TPSA) is 37.3 Å². The summed E-state index contributed by atoms with van der Waals surface area (Å²) in [6, 6.07) is 0. The van der Waals surface area contributed by atoms with Crippen LogP contribution in [0.1, 0.15) is 135 Å². The molecule has 0 aromatic heterocycles. The zero-order valence-corrected chi connectivity index (χ0v) is 18.8. The van der Waals surface area contributed by atoms with Gasteiger partial charge in [0, 0.05) is 6.42 Å². The van der Waals surface area contributed by atoms with Crippen LogP contribution in [0, 0.1) is 0 Å². The van der Waals surface area contributed by atoms with E-state index in [1.54, 1.807) is 0 Å². The number of carbonyl (C=O) groups is 1. The number of unbranched alkanes of at least 4 members (excludes halogenated alkanes) is 16. The van der Waals surface area contributed by atoms with Crippen LogP contribution in [0.25, 0.3) is 0 Å². The maximum Gasteiger partial charge on any atom is 0.303 e. The number of hydrogen-bond donors (Lipinski definition) is 1. The third-order valence-corrected chi connectivity index (χ3v) is 5.32. The van der Waals surface area contributed by atoms with Crippen LogP contribution in [0.5, 0.6) is 0 Å². The van der Waals surface area contributed by atoms with Crippen LogP contribution in [0.2, 0.25) is 0 Å². The average molecular weight is 393 g/mol. The fourth-order valence-electron chi connectivity index (χ4n) is 3.48. The molecule has 2 heteroatoms. The Labute approximate surface area is 175 Å². The Bertz CT molecular complexity index is 371. The SMILES string of the molecule is CCCCCC/C=C/CC/C=C/CCCCCCCCCCCCCC(=O)O. The van der Waals surface area contributed by atoms with Gasteiger partial charge in [-0.1, -0.05) is 108 Å². The monoisotopic (exact) mass is 392 g/mol. The first-order chi connectivity index (χ1) is 13.8. The lowest BCUT2D eigenvalue weighted by Gasteiger charge is -2.02. The Morgan fingerprint density at radius 1 is 0.536 bits per heavy atom. The van der Waals surface area contributed by atoms with Crippen molar-refractivity contribution in [2.75, 3.05) is 0 Å². The molecule has 0 atom stereocenters. The number of rotatable bonds is 22. The van der Waals surface area contributed by atoms with Gasteiger partial charge in [0.1, 0.15) is 0 Å². The molecular weight excluding hydrogens is 344 g/mol. The molecule has 0 aromatic rings. The second-order valence-electron chi connectivity index (χ2n) is 8.19. The van der Waals surface area contributed by atoms with E-state index in [1.807, 2.05) is 0 Å². The number of aliphatic carboxylic acids is 1. The van der Waals surface area contributed by atoms with Crippen LogP contribution in [-0.4, -0.2) is 11.1 Å². The largest absolute Gasteiger partial charge is 0.481 e. The summed E-state index contributed by atoms with van der Waals surface area (Å²) in [4.78, 5) is 10.4. The van der Waals surface area contributed by atoms with Gasteiger partial charge < -0.3 is 5.11 Å². The molecule has 0 unspecified atom stereocenters. The Balaban J connectivity index is 3.13. The van der Waals surface area contributed by atoms with Crippen LogP contribution >= 0.6 is 0 Å². The first-order valence-corrected chi connectivity index (χ1v) is 12.3. The molecule has 0 saturated carbocycles. The van der Waals surface area contributed by atoms with Gasteiger partial charge in [0.25, 0.3) is 0 Å². The highest BCUT2D eigenvalue weighted by Crippen LogP contribution is 2.13. The smallest absolute Gasteiger partial charge is 0.303 e. The van der Waals surface area contributed by atoms with Crippen LogP contribution in [0.4, 0.5) is 0 Å². The fourth-order valence-corrected chi connectivity index (χ4v) is 3.48. The summed E-state index contributed by atoms with van der Waals surface area (Å²) in [6.07, 6.45) is 34.1. The Hall–Kier alpha value is -1.05. The van der Waals surface area contributed by atoms with Gasteiger partial charge in [-0.2, -0.15) is 0 Å². The van der Waals surface area contributed by atoms with Crippen molar-refractivity contribution in [1.82, 2.24) is 0 Å². The minimum Gasteiger partial charge on any atom is -0.481 e. The second kappa shape index (κ2) is 24.0. The molecule has 0 aliphatic carbocycles. The first kappa shape index (κ1) is 27.0. The Morgan fingerprint density at radius 3 is 1.32 bits per heavy atom. The lowest BCUT2D eigenvalue weighted by Crippen LogP contribution is -1.93. The van der Waals surface area contributed by atoms with Crippen molar-refractivity contribution in [2.24, 2.45) is 0 Å². The highest BCUT2D eigenvalue weighted by molar-refractivity contribution is 5.66. The molecule has 0 bridgehead atoms. The summed E-state index contributed by atoms with van der Waals surface area (Å²) in [5.74, 6) is -0.656. The molecule has 2 nitrogen and oxygen atoms in total. The summed E-state index contributed by atoms with van der Waals surface area (Å²) in [5.41, 5.74) is 0. The maximum absolute atomic E-state index is 10.4. The van der Waals surface area contributed by atoms with Crippen LogP contribution in [-0.2, 0) is 4.79 Å². The molecule has 0 radical (unpaired) electrons. The van der Waals surface area contributed by atoms with E-state index in [9.17, 15) is 4.79 Å². The average Bonchev–Trinajstić information content (AvgIpc) is 2.68. The molecule has 0 fully saturated rings. The summed E-state index contributed by atoms with van der Waals surface area (Å²) in [6.45, 7) is 2.27. The minimum absolute atomic E-state index is 0.339. The summed E-state index contributed by atoms with van der Waals surface area (Å²) >= 11 is 0. The molecule has 0 aliphatic rings. The van der Waals surface area contributed by atoms with Crippen molar-refractivity contribution in [3.63, 3.8) is 0 Å². The quantitative estimate of drug-likeness (QED) is 0.147. The number of carboxylic acid groups (broad SMARTS) is 1. The molecular formula is C26H48O2. The van der Waals surface area contributed by atoms with Gasteiger partial charge in [-0.15, -0.1) is 0 Å². The summed E-state index contributed by atoms with van der Waals surface area (Å²) in [5, 5.41) is 8.58. The Kier molecular flexibility index (Phi) is 23.1. The van der Waals surface area contributed by atoms with Crippen molar-refractivity contribution in [1.29, 1.82) is 0 Å². The molecule has 0 aliphatic heterocycles. The summed E-state index contributed by atoms with van der Waals surface area (Å²) < 4.78 is 0. The predicted octanol–water partition coefficient (Wildman–Crippen LogP) is 9.01. The minimum atomic E-state index is -0.656. The lowest BCUT2D eigenvalue weighted by molar-refractivity contribution is -0.137. The predicted molar refractivity (Wildman–Crippen MR) is 124 cm³/mol. The van der Waals surface area contributed by atoms with Crippen molar-refractivity contribution in [3.8, 4) is 0 Å². The van der Waals surface area contributed by atoms with Crippen LogP contribution in [0.15, 0.2) is 24.3 Å². The fraction of sp³-hybridized carbons (Fsp3) is 0.808. The van der Waals surface area contributed by atoms with Crippen molar-refractivity contribution < 1.29 is 9.90 Å². The van der Waals surface area contributed by atoms with E-state index in [0.717, 1.165) is 12.8 Å². The van der Waals surface area contributed by atoms with Gasteiger partial charge in [-0.05, 0) is 44.9 Å². The molecule has 0 saturated heterocycles. The molecule has 0 heterocycles. The standard InChI is InChI=1S/C26H48O2/c1-2-3-4-5-6-7-8-9-10-11-12-13-14-15-16-17-18-19-20-21-22-23-24-25-26(27)28/h7-8,11-12H,2-6,9-10,13-25H2,1H3,(H,27,28)/b8-7+,12-11+. The zero-order chi connectivity index (χ0) is 20.5. The highest BCUT2D eigenvalue weighted by atomic mass is 16.4. The van der Waals surface area contributed by atoms with Crippen molar-refractivity contribution in [3.05, 3.63) is 24.3 Å². The van der Waals surface area contributed by atoms with Gasteiger partial charge in [0.15, 0.2) is 0 Å². The first-order valence-electron chi connectivity index (χ1n) is 12.3. The molecule has 0 amide bonds. The molecule has 164 valence electrons. The molecule has 0 aromatic carbocycles. The number of hydrogen-bond acceptors (Lipinski definition) is 1. The van der Waals surface area contributed by atoms with E-state index in [-0.39, 0.29) is 0 Å². The van der Waals surface area contributed by atoms with Gasteiger partial charge in [-0.25, -0.2) is 0 Å². The van der Waals surface area contributed by atoms with E-state index < -0.39 is 5.97 Å².